The molecular formula is C11H15IO2. The Labute approximate surface area is 99.2 Å². The van der Waals surface area contributed by atoms with Crippen LogP contribution < -0.4 is 0 Å². The number of rotatable bonds is 4. The Morgan fingerprint density at radius 1 is 1.50 bits per heavy atom. The van der Waals surface area contributed by atoms with Gasteiger partial charge in [-0.05, 0) is 52.0 Å². The molecule has 0 aliphatic carbocycles. The zero-order chi connectivity index (χ0) is 10.8. The van der Waals surface area contributed by atoms with Crippen LogP contribution in [0.15, 0.2) is 9.66 Å². The summed E-state index contributed by atoms with van der Waals surface area (Å²) in [5.74, 6) is 4.63. The van der Waals surface area contributed by atoms with Gasteiger partial charge in [0, 0.05) is 5.92 Å². The first-order chi connectivity index (χ1) is 6.70. The SMILES string of the molecule is CCCC/C(I)=C/C#CC(=O)OCC. The molecule has 0 heterocycles. The van der Waals surface area contributed by atoms with E-state index in [0.717, 1.165) is 12.8 Å². The molecule has 0 bridgehead atoms. The molecular weight excluding hydrogens is 291 g/mol. The molecule has 0 aliphatic rings. The van der Waals surface area contributed by atoms with E-state index in [1.165, 1.54) is 10.0 Å². The maximum absolute atomic E-state index is 10.8. The highest BCUT2D eigenvalue weighted by Crippen LogP contribution is 2.13. The third-order valence-electron chi connectivity index (χ3n) is 1.45. The maximum atomic E-state index is 10.8. The minimum atomic E-state index is -0.455. The number of hydrogen-bond acceptors (Lipinski definition) is 2. The number of carbonyl (C=O) groups is 1. The molecule has 0 N–H and O–H groups in total. The first kappa shape index (κ1) is 13.5. The molecule has 0 spiro atoms. The fourth-order valence-corrected chi connectivity index (χ4v) is 1.30. The number of allylic oxidation sites excluding steroid dienone is 2. The van der Waals surface area contributed by atoms with E-state index in [0.29, 0.717) is 6.61 Å². The van der Waals surface area contributed by atoms with E-state index in [1.807, 2.05) is 0 Å². The van der Waals surface area contributed by atoms with Crippen molar-refractivity contribution in [3.63, 3.8) is 0 Å². The average Bonchev–Trinajstić information content (AvgIpc) is 2.15. The van der Waals surface area contributed by atoms with Gasteiger partial charge in [-0.2, -0.15) is 0 Å². The van der Waals surface area contributed by atoms with E-state index in [-0.39, 0.29) is 0 Å². The Morgan fingerprint density at radius 3 is 2.79 bits per heavy atom. The van der Waals surface area contributed by atoms with E-state index in [2.05, 4.69) is 46.1 Å². The van der Waals surface area contributed by atoms with Crippen molar-refractivity contribution >= 4 is 28.6 Å². The molecule has 0 rings (SSSR count). The van der Waals surface area contributed by atoms with E-state index >= 15 is 0 Å². The zero-order valence-electron chi connectivity index (χ0n) is 8.60. The lowest BCUT2D eigenvalue weighted by Crippen LogP contribution is -1.99. The van der Waals surface area contributed by atoms with E-state index < -0.39 is 5.97 Å². The van der Waals surface area contributed by atoms with Crippen molar-refractivity contribution in [2.24, 2.45) is 0 Å². The number of hydrogen-bond donors (Lipinski definition) is 0. The second-order valence-corrected chi connectivity index (χ2v) is 4.07. The Bertz CT molecular complexity index is 258. The summed E-state index contributed by atoms with van der Waals surface area (Å²) in [5, 5.41) is 0. The molecule has 0 aromatic carbocycles. The quantitative estimate of drug-likeness (QED) is 0.345. The van der Waals surface area contributed by atoms with Crippen LogP contribution in [-0.4, -0.2) is 12.6 Å². The fourth-order valence-electron chi connectivity index (χ4n) is 0.758. The van der Waals surface area contributed by atoms with Gasteiger partial charge in [0.25, 0.3) is 0 Å². The number of ether oxygens (including phenoxy) is 1. The van der Waals surface area contributed by atoms with Crippen molar-refractivity contribution in [1.29, 1.82) is 0 Å². The van der Waals surface area contributed by atoms with Gasteiger partial charge in [0.1, 0.15) is 0 Å². The normalized spacial score (nSPS) is 10.4. The molecule has 0 radical (unpaired) electrons. The Hall–Kier alpha value is -0.500. The topological polar surface area (TPSA) is 26.3 Å². The van der Waals surface area contributed by atoms with Gasteiger partial charge in [0.05, 0.1) is 6.61 Å². The second-order valence-electron chi connectivity index (χ2n) is 2.68. The standard InChI is InChI=1S/C11H15IO2/c1-3-5-7-10(12)8-6-9-11(13)14-4-2/h8H,3-5,7H2,1-2H3/b10-8-. The first-order valence-corrected chi connectivity index (χ1v) is 5.81. The molecule has 0 amide bonds. The van der Waals surface area contributed by atoms with Gasteiger partial charge in [-0.1, -0.05) is 19.3 Å². The highest BCUT2D eigenvalue weighted by atomic mass is 127. The highest BCUT2D eigenvalue weighted by Gasteiger charge is 1.91. The van der Waals surface area contributed by atoms with Crippen molar-refractivity contribution in [2.75, 3.05) is 6.61 Å². The van der Waals surface area contributed by atoms with E-state index in [1.54, 1.807) is 13.0 Å². The Morgan fingerprint density at radius 2 is 2.21 bits per heavy atom. The summed E-state index contributed by atoms with van der Waals surface area (Å²) in [4.78, 5) is 10.8. The van der Waals surface area contributed by atoms with Crippen molar-refractivity contribution in [3.8, 4) is 11.8 Å². The molecule has 0 aliphatic heterocycles. The lowest BCUT2D eigenvalue weighted by molar-refractivity contribution is -0.136. The van der Waals surface area contributed by atoms with Crippen molar-refractivity contribution in [1.82, 2.24) is 0 Å². The van der Waals surface area contributed by atoms with Gasteiger partial charge in [-0.3, -0.25) is 0 Å². The molecule has 0 aromatic heterocycles. The molecule has 3 heteroatoms. The Balaban J connectivity index is 3.92. The average molecular weight is 306 g/mol. The van der Waals surface area contributed by atoms with Gasteiger partial charge in [-0.15, -0.1) is 0 Å². The van der Waals surface area contributed by atoms with Crippen LogP contribution in [0, 0.1) is 11.8 Å². The third-order valence-corrected chi connectivity index (χ3v) is 2.30. The van der Waals surface area contributed by atoms with Crippen LogP contribution in [0.2, 0.25) is 0 Å². The van der Waals surface area contributed by atoms with E-state index in [4.69, 9.17) is 0 Å². The number of esters is 1. The summed E-state index contributed by atoms with van der Waals surface area (Å²) >= 11 is 2.24. The van der Waals surface area contributed by atoms with Crippen molar-refractivity contribution in [2.45, 2.75) is 33.1 Å². The van der Waals surface area contributed by atoms with Gasteiger partial charge >= 0.3 is 5.97 Å². The monoisotopic (exact) mass is 306 g/mol. The Kier molecular flexibility index (Phi) is 8.75. The first-order valence-electron chi connectivity index (χ1n) is 4.73. The van der Waals surface area contributed by atoms with Crippen LogP contribution in [0.5, 0.6) is 0 Å². The molecule has 2 nitrogen and oxygen atoms in total. The van der Waals surface area contributed by atoms with Crippen LogP contribution in [0.25, 0.3) is 0 Å². The minimum Gasteiger partial charge on any atom is -0.456 e. The molecule has 0 fully saturated rings. The predicted octanol–water partition coefficient (Wildman–Crippen LogP) is 3.06. The second kappa shape index (κ2) is 9.07. The van der Waals surface area contributed by atoms with Crippen LogP contribution >= 0.6 is 22.6 Å². The van der Waals surface area contributed by atoms with Gasteiger partial charge in [0.15, 0.2) is 0 Å². The van der Waals surface area contributed by atoms with Crippen LogP contribution in [-0.2, 0) is 9.53 Å². The molecule has 78 valence electrons. The number of unbranched alkanes of at least 4 members (excludes halogenated alkanes) is 1. The summed E-state index contributed by atoms with van der Waals surface area (Å²) in [6.07, 6.45) is 5.14. The molecule has 0 atom stereocenters. The molecule has 0 saturated heterocycles. The van der Waals surface area contributed by atoms with Gasteiger partial charge < -0.3 is 4.74 Å². The maximum Gasteiger partial charge on any atom is 0.384 e. The van der Waals surface area contributed by atoms with Gasteiger partial charge in [-0.25, -0.2) is 4.79 Å². The van der Waals surface area contributed by atoms with Crippen LogP contribution in [0.3, 0.4) is 0 Å². The lowest BCUT2D eigenvalue weighted by Gasteiger charge is -1.93. The highest BCUT2D eigenvalue weighted by molar-refractivity contribution is 14.1. The summed E-state index contributed by atoms with van der Waals surface area (Å²) in [6, 6.07) is 0. The van der Waals surface area contributed by atoms with Crippen LogP contribution in [0.4, 0.5) is 0 Å². The van der Waals surface area contributed by atoms with E-state index in [9.17, 15) is 4.79 Å². The fraction of sp³-hybridized carbons (Fsp3) is 0.545. The zero-order valence-corrected chi connectivity index (χ0v) is 10.8. The number of halogens is 1. The summed E-state index contributed by atoms with van der Waals surface area (Å²) in [6.45, 7) is 4.29. The summed E-state index contributed by atoms with van der Waals surface area (Å²) in [5.41, 5.74) is 0. The number of carbonyl (C=O) groups excluding carboxylic acids is 1. The third kappa shape index (κ3) is 8.11. The summed E-state index contributed by atoms with van der Waals surface area (Å²) < 4.78 is 5.84. The predicted molar refractivity (Wildman–Crippen MR) is 66.0 cm³/mol. The molecule has 0 saturated carbocycles. The van der Waals surface area contributed by atoms with Gasteiger partial charge in [0.2, 0.25) is 0 Å². The molecule has 0 aromatic rings. The largest absolute Gasteiger partial charge is 0.456 e. The minimum absolute atomic E-state index is 0.379. The van der Waals surface area contributed by atoms with Crippen molar-refractivity contribution in [3.05, 3.63) is 9.66 Å². The summed E-state index contributed by atoms with van der Waals surface area (Å²) in [7, 11) is 0. The van der Waals surface area contributed by atoms with Crippen molar-refractivity contribution < 1.29 is 9.53 Å². The van der Waals surface area contributed by atoms with Crippen LogP contribution in [0.1, 0.15) is 33.1 Å². The molecule has 0 unspecified atom stereocenters. The lowest BCUT2D eigenvalue weighted by atomic mass is 10.2. The smallest absolute Gasteiger partial charge is 0.384 e. The molecule has 14 heavy (non-hydrogen) atoms.